The highest BCUT2D eigenvalue weighted by atomic mass is 32.2. The maximum absolute atomic E-state index is 11.7. The van der Waals surface area contributed by atoms with Crippen LogP contribution < -0.4 is 5.32 Å². The van der Waals surface area contributed by atoms with Crippen LogP contribution in [0.15, 0.2) is 58.7 Å². The molecule has 2 saturated heterocycles. The van der Waals surface area contributed by atoms with Gasteiger partial charge in [-0.15, -0.1) is 5.10 Å². The van der Waals surface area contributed by atoms with Gasteiger partial charge in [0.05, 0.1) is 25.8 Å². The molecule has 8 nitrogen and oxygen atoms in total. The molecule has 2 N–H and O–H groups in total. The van der Waals surface area contributed by atoms with E-state index in [0.29, 0.717) is 18.4 Å². The number of carboxylic acids is 1. The molecule has 0 bridgehead atoms. The van der Waals surface area contributed by atoms with Gasteiger partial charge in [0, 0.05) is 5.56 Å². The Hall–Kier alpha value is -3.01. The van der Waals surface area contributed by atoms with E-state index in [1.807, 2.05) is 48.5 Å². The van der Waals surface area contributed by atoms with Crippen molar-refractivity contribution in [3.8, 4) is 11.1 Å². The fourth-order valence-electron chi connectivity index (χ4n) is 3.15. The molecule has 2 fully saturated rings. The van der Waals surface area contributed by atoms with Crippen LogP contribution in [0.5, 0.6) is 0 Å². The monoisotopic (exact) mass is 425 g/mol. The highest BCUT2D eigenvalue weighted by Crippen LogP contribution is 2.32. The summed E-state index contributed by atoms with van der Waals surface area (Å²) in [6.07, 6.45) is 0.977. The molecule has 2 heterocycles. The van der Waals surface area contributed by atoms with Crippen molar-refractivity contribution in [1.82, 2.24) is 5.32 Å². The molecule has 0 saturated carbocycles. The minimum atomic E-state index is -1.03. The highest BCUT2D eigenvalue weighted by molar-refractivity contribution is 8.15. The summed E-state index contributed by atoms with van der Waals surface area (Å²) >= 11 is 1.07. The molecule has 30 heavy (non-hydrogen) atoms. The number of carbonyl (C=O) groups excluding carboxylic acids is 1. The average Bonchev–Trinajstić information content (AvgIpc) is 3.39. The number of carboxylic acid groups (broad SMARTS) is 1. The third-order valence-electron chi connectivity index (χ3n) is 4.55. The molecule has 0 aromatic heterocycles. The van der Waals surface area contributed by atoms with Gasteiger partial charge in [0.15, 0.2) is 11.5 Å². The van der Waals surface area contributed by atoms with Crippen LogP contribution >= 0.6 is 11.8 Å². The molecule has 1 amide bonds. The van der Waals surface area contributed by atoms with Crippen molar-refractivity contribution in [3.05, 3.63) is 59.7 Å². The Labute approximate surface area is 177 Å². The van der Waals surface area contributed by atoms with Gasteiger partial charge in [-0.25, -0.2) is 0 Å². The van der Waals surface area contributed by atoms with Crippen molar-refractivity contribution in [1.29, 1.82) is 0 Å². The van der Waals surface area contributed by atoms with Crippen molar-refractivity contribution in [2.45, 2.75) is 18.0 Å². The summed E-state index contributed by atoms with van der Waals surface area (Å²) in [5.74, 6) is -1.39. The molecular formula is C21H19N3O5S. The van der Waals surface area contributed by atoms with Crippen LogP contribution in [0.2, 0.25) is 0 Å². The molecule has 9 heteroatoms. The summed E-state index contributed by atoms with van der Waals surface area (Å²) in [6, 6.07) is 15.8. The van der Waals surface area contributed by atoms with E-state index < -0.39 is 11.2 Å². The number of carbonyl (C=O) groups is 2. The van der Waals surface area contributed by atoms with Gasteiger partial charge in [0.2, 0.25) is 5.91 Å². The van der Waals surface area contributed by atoms with E-state index in [0.717, 1.165) is 34.0 Å². The van der Waals surface area contributed by atoms with E-state index in [9.17, 15) is 9.59 Å². The van der Waals surface area contributed by atoms with E-state index in [1.54, 1.807) is 6.21 Å². The lowest BCUT2D eigenvalue weighted by Crippen LogP contribution is -2.26. The largest absolute Gasteiger partial charge is 0.481 e. The minimum Gasteiger partial charge on any atom is -0.481 e. The molecule has 1 unspecified atom stereocenters. The van der Waals surface area contributed by atoms with Gasteiger partial charge in [0.25, 0.3) is 0 Å². The number of amidine groups is 1. The van der Waals surface area contributed by atoms with Crippen LogP contribution in [-0.2, 0) is 19.1 Å². The Balaban J connectivity index is 1.44. The Morgan fingerprint density at radius 3 is 2.63 bits per heavy atom. The second-order valence-corrected chi connectivity index (χ2v) is 7.82. The van der Waals surface area contributed by atoms with Crippen LogP contribution in [0, 0.1) is 0 Å². The lowest BCUT2D eigenvalue weighted by molar-refractivity contribution is -0.138. The van der Waals surface area contributed by atoms with Gasteiger partial charge in [-0.2, -0.15) is 5.10 Å². The lowest BCUT2D eigenvalue weighted by atomic mass is 9.98. The zero-order valence-electron chi connectivity index (χ0n) is 15.9. The van der Waals surface area contributed by atoms with Gasteiger partial charge >= 0.3 is 5.97 Å². The van der Waals surface area contributed by atoms with Crippen molar-refractivity contribution < 1.29 is 24.2 Å². The van der Waals surface area contributed by atoms with Crippen molar-refractivity contribution >= 4 is 35.0 Å². The first-order chi connectivity index (χ1) is 14.6. The number of benzene rings is 2. The van der Waals surface area contributed by atoms with Gasteiger partial charge in [-0.05, 0) is 16.7 Å². The first kappa shape index (κ1) is 20.3. The number of aliphatic carboxylic acids is 1. The van der Waals surface area contributed by atoms with E-state index in [2.05, 4.69) is 15.5 Å². The van der Waals surface area contributed by atoms with Gasteiger partial charge in [-0.1, -0.05) is 60.3 Å². The predicted octanol–water partition coefficient (Wildman–Crippen LogP) is 2.80. The molecule has 4 rings (SSSR count). The highest BCUT2D eigenvalue weighted by Gasteiger charge is 2.32. The van der Waals surface area contributed by atoms with E-state index in [-0.39, 0.29) is 18.6 Å². The van der Waals surface area contributed by atoms with E-state index in [4.69, 9.17) is 14.6 Å². The number of rotatable bonds is 6. The molecule has 1 atom stereocenters. The summed E-state index contributed by atoms with van der Waals surface area (Å²) in [6.45, 7) is 1.18. The minimum absolute atomic E-state index is 0.251. The second kappa shape index (κ2) is 9.21. The first-order valence-corrected chi connectivity index (χ1v) is 10.2. The second-order valence-electron chi connectivity index (χ2n) is 6.63. The zero-order chi connectivity index (χ0) is 20.9. The summed E-state index contributed by atoms with van der Waals surface area (Å²) < 4.78 is 11.3. The van der Waals surface area contributed by atoms with Crippen LogP contribution in [-0.4, -0.2) is 46.8 Å². The molecule has 2 aliphatic heterocycles. The maximum atomic E-state index is 11.7. The van der Waals surface area contributed by atoms with Crippen molar-refractivity contribution in [2.75, 3.05) is 13.2 Å². The predicted molar refractivity (Wildman–Crippen MR) is 113 cm³/mol. The number of amides is 1. The Kier molecular flexibility index (Phi) is 6.22. The Bertz CT molecular complexity index is 1000. The van der Waals surface area contributed by atoms with Crippen molar-refractivity contribution in [3.63, 3.8) is 0 Å². The molecule has 0 radical (unpaired) electrons. The quantitative estimate of drug-likeness (QED) is 0.544. The molecule has 2 aromatic rings. The number of thioether (sulfide) groups is 1. The van der Waals surface area contributed by atoms with E-state index in [1.165, 1.54) is 0 Å². The van der Waals surface area contributed by atoms with Crippen LogP contribution in [0.25, 0.3) is 11.1 Å². The van der Waals surface area contributed by atoms with Gasteiger partial charge < -0.3 is 19.9 Å². The smallest absolute Gasteiger partial charge is 0.305 e. The Morgan fingerprint density at radius 2 is 1.90 bits per heavy atom. The first-order valence-electron chi connectivity index (χ1n) is 9.33. The summed E-state index contributed by atoms with van der Waals surface area (Å²) in [5.41, 5.74) is 3.91. The SMILES string of the molecule is O=C(O)CC1SC(=NN=Cc2ccc(-c3ccccc3C3OCCO3)cc2)NC1=O. The average molecular weight is 425 g/mol. The van der Waals surface area contributed by atoms with Gasteiger partial charge in [0.1, 0.15) is 5.25 Å². The fourth-order valence-corrected chi connectivity index (χ4v) is 4.06. The molecule has 0 spiro atoms. The molecule has 2 aromatic carbocycles. The number of nitrogens with zero attached hydrogens (tertiary/aromatic N) is 2. The standard InChI is InChI=1S/C21H19N3O5S/c25-18(26)11-17-19(27)23-21(30-17)24-22-12-13-5-7-14(8-6-13)15-3-1-2-4-16(15)20-28-9-10-29-20/h1-8,12,17,20H,9-11H2,(H,25,26)(H,23,24,27). The molecule has 0 aliphatic carbocycles. The summed E-state index contributed by atoms with van der Waals surface area (Å²) in [5, 5.41) is 18.9. The number of nitrogens with one attached hydrogen (secondary N) is 1. The number of hydrogen-bond acceptors (Lipinski definition) is 7. The fraction of sp³-hybridized carbons (Fsp3) is 0.238. The lowest BCUT2D eigenvalue weighted by Gasteiger charge is -2.14. The normalized spacial score (nSPS) is 20.9. The third-order valence-corrected chi connectivity index (χ3v) is 5.62. The topological polar surface area (TPSA) is 110 Å². The third kappa shape index (κ3) is 4.76. The van der Waals surface area contributed by atoms with Crippen LogP contribution in [0.1, 0.15) is 23.8 Å². The molecule has 2 aliphatic rings. The molecule has 154 valence electrons. The van der Waals surface area contributed by atoms with Gasteiger partial charge in [-0.3, -0.25) is 9.59 Å². The summed E-state index contributed by atoms with van der Waals surface area (Å²) in [7, 11) is 0. The Morgan fingerprint density at radius 1 is 1.17 bits per heavy atom. The summed E-state index contributed by atoms with van der Waals surface area (Å²) in [4.78, 5) is 22.5. The van der Waals surface area contributed by atoms with Crippen molar-refractivity contribution in [2.24, 2.45) is 10.2 Å². The van der Waals surface area contributed by atoms with Crippen LogP contribution in [0.3, 0.4) is 0 Å². The molecular weight excluding hydrogens is 406 g/mol. The zero-order valence-corrected chi connectivity index (χ0v) is 16.7. The maximum Gasteiger partial charge on any atom is 0.305 e. The number of hydrogen-bond donors (Lipinski definition) is 2. The van der Waals surface area contributed by atoms with Crippen LogP contribution in [0.4, 0.5) is 0 Å². The number of ether oxygens (including phenoxy) is 2. The van der Waals surface area contributed by atoms with E-state index >= 15 is 0 Å².